The van der Waals surface area contributed by atoms with Crippen molar-refractivity contribution in [2.75, 3.05) is 12.4 Å². The Labute approximate surface area is 179 Å². The summed E-state index contributed by atoms with van der Waals surface area (Å²) in [5.74, 6) is -0.397. The van der Waals surface area contributed by atoms with Crippen molar-refractivity contribution in [2.45, 2.75) is 6.92 Å². The van der Waals surface area contributed by atoms with Gasteiger partial charge in [-0.05, 0) is 49.4 Å². The van der Waals surface area contributed by atoms with Crippen molar-refractivity contribution in [1.29, 1.82) is 0 Å². The lowest BCUT2D eigenvalue weighted by Gasteiger charge is -2.11. The van der Waals surface area contributed by atoms with Crippen LogP contribution in [0.1, 0.15) is 15.9 Å². The van der Waals surface area contributed by atoms with E-state index in [1.807, 2.05) is 61.5 Å². The van der Waals surface area contributed by atoms with Crippen LogP contribution in [0, 0.1) is 12.7 Å². The monoisotopic (exact) mass is 413 g/mol. The van der Waals surface area contributed by atoms with E-state index in [-0.39, 0.29) is 11.5 Å². The molecular formula is C25H20FN3O2. The van der Waals surface area contributed by atoms with Gasteiger partial charge in [0.25, 0.3) is 5.91 Å². The van der Waals surface area contributed by atoms with E-state index < -0.39 is 11.7 Å². The predicted octanol–water partition coefficient (Wildman–Crippen LogP) is 5.52. The zero-order valence-electron chi connectivity index (χ0n) is 17.1. The van der Waals surface area contributed by atoms with Gasteiger partial charge in [-0.15, -0.1) is 0 Å². The zero-order chi connectivity index (χ0) is 21.8. The summed E-state index contributed by atoms with van der Waals surface area (Å²) < 4.78 is 19.2. The van der Waals surface area contributed by atoms with Crippen molar-refractivity contribution in [2.24, 2.45) is 0 Å². The maximum absolute atomic E-state index is 14.0. The number of amides is 1. The number of aromatic nitrogens is 2. The van der Waals surface area contributed by atoms with Crippen LogP contribution in [0.2, 0.25) is 0 Å². The van der Waals surface area contributed by atoms with Gasteiger partial charge in [-0.3, -0.25) is 10.1 Å². The normalized spacial score (nSPS) is 10.5. The molecule has 0 aliphatic carbocycles. The number of benzene rings is 3. The lowest BCUT2D eigenvalue weighted by Crippen LogP contribution is -2.16. The Morgan fingerprint density at radius 3 is 2.03 bits per heavy atom. The minimum atomic E-state index is -0.611. The van der Waals surface area contributed by atoms with Gasteiger partial charge >= 0.3 is 0 Å². The Hall–Kier alpha value is -4.06. The van der Waals surface area contributed by atoms with Gasteiger partial charge in [0.15, 0.2) is 0 Å². The highest BCUT2D eigenvalue weighted by molar-refractivity contribution is 6.03. The van der Waals surface area contributed by atoms with Crippen LogP contribution in [0.5, 0.6) is 5.75 Å². The summed E-state index contributed by atoms with van der Waals surface area (Å²) in [6.07, 6.45) is 0. The van der Waals surface area contributed by atoms with Crippen molar-refractivity contribution in [3.05, 3.63) is 95.8 Å². The number of halogens is 1. The van der Waals surface area contributed by atoms with E-state index in [2.05, 4.69) is 15.3 Å². The van der Waals surface area contributed by atoms with Gasteiger partial charge in [-0.1, -0.05) is 42.0 Å². The minimum Gasteiger partial charge on any atom is -0.497 e. The average Bonchev–Trinajstić information content (AvgIpc) is 2.79. The molecule has 5 nitrogen and oxygen atoms in total. The van der Waals surface area contributed by atoms with Crippen molar-refractivity contribution < 1.29 is 13.9 Å². The van der Waals surface area contributed by atoms with E-state index in [0.29, 0.717) is 11.4 Å². The third-order valence-electron chi connectivity index (χ3n) is 4.80. The molecule has 0 radical (unpaired) electrons. The first-order chi connectivity index (χ1) is 15.0. The second-order valence-corrected chi connectivity index (χ2v) is 6.99. The fourth-order valence-corrected chi connectivity index (χ4v) is 3.10. The van der Waals surface area contributed by atoms with Gasteiger partial charge in [0, 0.05) is 11.1 Å². The average molecular weight is 413 g/mol. The molecule has 0 saturated carbocycles. The minimum absolute atomic E-state index is 0.0714. The van der Waals surface area contributed by atoms with Gasteiger partial charge in [0.2, 0.25) is 5.95 Å². The topological polar surface area (TPSA) is 64.1 Å². The molecule has 31 heavy (non-hydrogen) atoms. The number of carbonyl (C=O) groups is 1. The molecule has 6 heteroatoms. The van der Waals surface area contributed by atoms with Crippen molar-refractivity contribution in [3.8, 4) is 28.3 Å². The summed E-state index contributed by atoms with van der Waals surface area (Å²) >= 11 is 0. The quantitative estimate of drug-likeness (QED) is 0.468. The van der Waals surface area contributed by atoms with E-state index in [4.69, 9.17) is 4.74 Å². The predicted molar refractivity (Wildman–Crippen MR) is 119 cm³/mol. The number of anilines is 1. The van der Waals surface area contributed by atoms with E-state index in [9.17, 15) is 9.18 Å². The molecule has 0 unspecified atom stereocenters. The van der Waals surface area contributed by atoms with Crippen LogP contribution in [0.25, 0.3) is 22.5 Å². The standard InChI is InChI=1S/C25H20FN3O2/c1-16-7-9-17(10-8-16)22-15-23(18-11-13-19(31-2)14-12-18)28-25(27-22)29-24(30)20-5-3-4-6-21(20)26/h3-15H,1-2H3,(H,27,28,29,30). The van der Waals surface area contributed by atoms with Crippen LogP contribution in [-0.2, 0) is 0 Å². The van der Waals surface area contributed by atoms with Gasteiger partial charge in [0.05, 0.1) is 24.1 Å². The van der Waals surface area contributed by atoms with Crippen molar-refractivity contribution in [1.82, 2.24) is 9.97 Å². The third kappa shape index (κ3) is 4.59. The Kier molecular flexibility index (Phi) is 5.71. The second kappa shape index (κ2) is 8.75. The summed E-state index contributed by atoms with van der Waals surface area (Å²) in [6, 6.07) is 22.9. The summed E-state index contributed by atoms with van der Waals surface area (Å²) in [6.45, 7) is 2.01. The van der Waals surface area contributed by atoms with Crippen LogP contribution >= 0.6 is 0 Å². The molecule has 0 aliphatic rings. The highest BCUT2D eigenvalue weighted by Crippen LogP contribution is 2.27. The van der Waals surface area contributed by atoms with Gasteiger partial charge in [-0.25, -0.2) is 14.4 Å². The largest absolute Gasteiger partial charge is 0.497 e. The Balaban J connectivity index is 1.76. The lowest BCUT2D eigenvalue weighted by molar-refractivity contribution is 0.102. The van der Waals surface area contributed by atoms with Crippen LogP contribution in [-0.4, -0.2) is 23.0 Å². The molecule has 0 aliphatic heterocycles. The van der Waals surface area contributed by atoms with Gasteiger partial charge in [-0.2, -0.15) is 0 Å². The molecule has 1 amide bonds. The maximum Gasteiger partial charge on any atom is 0.260 e. The number of hydrogen-bond acceptors (Lipinski definition) is 4. The van der Waals surface area contributed by atoms with Crippen molar-refractivity contribution >= 4 is 11.9 Å². The van der Waals surface area contributed by atoms with Crippen molar-refractivity contribution in [3.63, 3.8) is 0 Å². The van der Waals surface area contributed by atoms with E-state index >= 15 is 0 Å². The number of rotatable bonds is 5. The van der Waals surface area contributed by atoms with Gasteiger partial charge in [0.1, 0.15) is 11.6 Å². The second-order valence-electron chi connectivity index (χ2n) is 6.99. The fraction of sp³-hybridized carbons (Fsp3) is 0.0800. The van der Waals surface area contributed by atoms with E-state index in [1.165, 1.54) is 18.2 Å². The molecule has 0 fully saturated rings. The molecule has 1 heterocycles. The molecule has 1 aromatic heterocycles. The molecule has 0 saturated heterocycles. The smallest absolute Gasteiger partial charge is 0.260 e. The molecule has 0 bridgehead atoms. The first-order valence-corrected chi connectivity index (χ1v) is 9.70. The Morgan fingerprint density at radius 1 is 0.871 bits per heavy atom. The van der Waals surface area contributed by atoms with E-state index in [0.717, 1.165) is 22.4 Å². The number of nitrogens with one attached hydrogen (secondary N) is 1. The number of carbonyl (C=O) groups excluding carboxylic acids is 1. The Morgan fingerprint density at radius 2 is 1.45 bits per heavy atom. The molecule has 0 spiro atoms. The van der Waals surface area contributed by atoms with Crippen LogP contribution < -0.4 is 10.1 Å². The highest BCUT2D eigenvalue weighted by Gasteiger charge is 2.15. The summed E-state index contributed by atoms with van der Waals surface area (Å²) in [7, 11) is 1.60. The molecule has 4 rings (SSSR count). The zero-order valence-corrected chi connectivity index (χ0v) is 17.1. The summed E-state index contributed by atoms with van der Waals surface area (Å²) in [5, 5.41) is 2.63. The third-order valence-corrected chi connectivity index (χ3v) is 4.80. The van der Waals surface area contributed by atoms with Gasteiger partial charge < -0.3 is 4.74 Å². The highest BCUT2D eigenvalue weighted by atomic mass is 19.1. The Bertz CT molecular complexity index is 1220. The summed E-state index contributed by atoms with van der Waals surface area (Å²) in [5.41, 5.74) is 4.03. The van der Waals surface area contributed by atoms with E-state index in [1.54, 1.807) is 13.2 Å². The van der Waals surface area contributed by atoms with Crippen LogP contribution in [0.4, 0.5) is 10.3 Å². The summed E-state index contributed by atoms with van der Waals surface area (Å²) in [4.78, 5) is 21.6. The number of hydrogen-bond donors (Lipinski definition) is 1. The molecule has 1 N–H and O–H groups in total. The maximum atomic E-state index is 14.0. The molecule has 3 aromatic carbocycles. The first-order valence-electron chi connectivity index (χ1n) is 9.70. The van der Waals surface area contributed by atoms with Crippen LogP contribution in [0.15, 0.2) is 78.9 Å². The van der Waals surface area contributed by atoms with Crippen LogP contribution in [0.3, 0.4) is 0 Å². The first kappa shape index (κ1) is 20.2. The molecule has 0 atom stereocenters. The lowest BCUT2D eigenvalue weighted by atomic mass is 10.1. The number of nitrogens with zero attached hydrogens (tertiary/aromatic N) is 2. The molecular weight excluding hydrogens is 393 g/mol. The SMILES string of the molecule is COc1ccc(-c2cc(-c3ccc(C)cc3)nc(NC(=O)c3ccccc3F)n2)cc1. The molecule has 4 aromatic rings. The number of aryl methyl sites for hydroxylation is 1. The number of methoxy groups -OCH3 is 1. The fourth-order valence-electron chi connectivity index (χ4n) is 3.10. The molecule has 154 valence electrons. The number of ether oxygens (including phenoxy) is 1.